The minimum absolute atomic E-state index is 0.169. The number of halogens is 1. The Morgan fingerprint density at radius 1 is 1.00 bits per heavy atom. The van der Waals surface area contributed by atoms with Gasteiger partial charge in [-0.15, -0.1) is 0 Å². The first-order chi connectivity index (χ1) is 14.1. The Morgan fingerprint density at radius 3 is 2.59 bits per heavy atom. The van der Waals surface area contributed by atoms with Gasteiger partial charge in [0.2, 0.25) is 0 Å². The van der Waals surface area contributed by atoms with Gasteiger partial charge in [-0.3, -0.25) is 0 Å². The van der Waals surface area contributed by atoms with E-state index in [4.69, 9.17) is 0 Å². The Bertz CT molecular complexity index is 1320. The highest BCUT2D eigenvalue weighted by molar-refractivity contribution is 7.90. The molecule has 1 aromatic heterocycles. The van der Waals surface area contributed by atoms with E-state index in [-0.39, 0.29) is 10.4 Å². The molecule has 8 heteroatoms. The van der Waals surface area contributed by atoms with Crippen molar-refractivity contribution < 1.29 is 12.8 Å². The number of rotatable bonds is 3. The van der Waals surface area contributed by atoms with Crippen molar-refractivity contribution in [1.82, 2.24) is 14.3 Å². The summed E-state index contributed by atoms with van der Waals surface area (Å²) in [5.74, 6) is -0.485. The normalized spacial score (nSPS) is 15.3. The molecule has 29 heavy (non-hydrogen) atoms. The average molecular weight is 410 g/mol. The van der Waals surface area contributed by atoms with E-state index in [9.17, 15) is 12.8 Å². The summed E-state index contributed by atoms with van der Waals surface area (Å²) in [5, 5.41) is 4.70. The number of benzene rings is 3. The first-order valence-electron chi connectivity index (χ1n) is 9.41. The third-order valence-electron chi connectivity index (χ3n) is 5.31. The quantitative estimate of drug-likeness (QED) is 0.563. The zero-order valence-corrected chi connectivity index (χ0v) is 16.4. The van der Waals surface area contributed by atoms with E-state index in [1.54, 1.807) is 24.3 Å². The highest BCUT2D eigenvalue weighted by Gasteiger charge is 2.25. The Morgan fingerprint density at radius 2 is 1.76 bits per heavy atom. The molecule has 148 valence electrons. The summed E-state index contributed by atoms with van der Waals surface area (Å²) in [6.45, 7) is 2.99. The molecule has 6 nitrogen and oxygen atoms in total. The summed E-state index contributed by atoms with van der Waals surface area (Å²) in [5.41, 5.74) is 1.34. The fourth-order valence-corrected chi connectivity index (χ4v) is 5.40. The van der Waals surface area contributed by atoms with E-state index in [1.165, 1.54) is 18.5 Å². The van der Waals surface area contributed by atoms with Crippen molar-refractivity contribution in [3.63, 3.8) is 0 Å². The highest BCUT2D eigenvalue weighted by atomic mass is 32.2. The molecule has 3 aromatic carbocycles. The van der Waals surface area contributed by atoms with Crippen molar-refractivity contribution in [3.05, 3.63) is 66.7 Å². The molecule has 0 amide bonds. The van der Waals surface area contributed by atoms with Crippen molar-refractivity contribution in [2.24, 2.45) is 0 Å². The van der Waals surface area contributed by atoms with Crippen molar-refractivity contribution in [2.45, 2.75) is 4.90 Å². The molecule has 0 aliphatic carbocycles. The van der Waals surface area contributed by atoms with Gasteiger partial charge in [-0.2, -0.15) is 0 Å². The Kier molecular flexibility index (Phi) is 4.25. The van der Waals surface area contributed by atoms with Gasteiger partial charge < -0.3 is 10.2 Å². The smallest absolute Gasteiger partial charge is 0.270 e. The van der Waals surface area contributed by atoms with E-state index in [0.29, 0.717) is 29.7 Å². The van der Waals surface area contributed by atoms with Crippen LogP contribution in [0.5, 0.6) is 0 Å². The molecule has 1 saturated heterocycles. The van der Waals surface area contributed by atoms with Crippen LogP contribution in [0.4, 0.5) is 10.1 Å². The Balaban J connectivity index is 1.72. The van der Waals surface area contributed by atoms with Crippen LogP contribution in [0, 0.1) is 5.82 Å². The van der Waals surface area contributed by atoms with Crippen molar-refractivity contribution in [3.8, 4) is 0 Å². The second-order valence-corrected chi connectivity index (χ2v) is 8.84. The van der Waals surface area contributed by atoms with Gasteiger partial charge in [0.15, 0.2) is 0 Å². The molecule has 5 rings (SSSR count). The highest BCUT2D eigenvalue weighted by Crippen LogP contribution is 2.31. The molecule has 1 aliphatic rings. The minimum Gasteiger partial charge on any atom is -0.367 e. The summed E-state index contributed by atoms with van der Waals surface area (Å²) in [6, 6.07) is 15.1. The molecule has 4 aromatic rings. The van der Waals surface area contributed by atoms with Crippen LogP contribution in [0.2, 0.25) is 0 Å². The molecule has 1 aliphatic heterocycles. The minimum atomic E-state index is -3.96. The third-order valence-corrected chi connectivity index (χ3v) is 7.03. The van der Waals surface area contributed by atoms with Crippen molar-refractivity contribution in [2.75, 3.05) is 31.1 Å². The van der Waals surface area contributed by atoms with E-state index >= 15 is 0 Å². The summed E-state index contributed by atoms with van der Waals surface area (Å²) in [6.07, 6.45) is 1.27. The lowest BCUT2D eigenvalue weighted by atomic mass is 10.1. The van der Waals surface area contributed by atoms with Gasteiger partial charge in [-0.25, -0.2) is 21.8 Å². The second-order valence-electron chi connectivity index (χ2n) is 7.05. The number of aromatic nitrogens is 2. The summed E-state index contributed by atoms with van der Waals surface area (Å²) in [4.78, 5) is 6.56. The molecular formula is C21H19FN4O2S. The fourth-order valence-electron chi connectivity index (χ4n) is 3.91. The van der Waals surface area contributed by atoms with Crippen LogP contribution < -0.4 is 10.2 Å². The van der Waals surface area contributed by atoms with Crippen LogP contribution in [0.3, 0.4) is 0 Å². The van der Waals surface area contributed by atoms with Gasteiger partial charge in [0.1, 0.15) is 17.7 Å². The van der Waals surface area contributed by atoms with Crippen LogP contribution in [0.15, 0.2) is 65.8 Å². The monoisotopic (exact) mass is 410 g/mol. The van der Waals surface area contributed by atoms with Gasteiger partial charge in [-0.05, 0) is 17.5 Å². The van der Waals surface area contributed by atoms with Gasteiger partial charge in [0.25, 0.3) is 10.0 Å². The molecule has 0 unspecified atom stereocenters. The lowest BCUT2D eigenvalue weighted by Crippen LogP contribution is -2.43. The molecule has 0 saturated carbocycles. The SMILES string of the molecule is O=S(=O)(c1cccc2ccccc12)n1cnc2c(N3CCNCC3)cc(F)cc21. The summed E-state index contributed by atoms with van der Waals surface area (Å²) < 4.78 is 42.6. The van der Waals surface area contributed by atoms with Crippen LogP contribution in [-0.2, 0) is 10.0 Å². The number of nitrogens with one attached hydrogen (secondary N) is 1. The second kappa shape index (κ2) is 6.82. The fraction of sp³-hybridized carbons (Fsp3) is 0.190. The van der Waals surface area contributed by atoms with E-state index in [2.05, 4.69) is 10.3 Å². The number of hydrogen-bond donors (Lipinski definition) is 1. The molecule has 0 atom stereocenters. The number of nitrogens with zero attached hydrogens (tertiary/aromatic N) is 3. The maximum Gasteiger partial charge on any atom is 0.270 e. The van der Waals surface area contributed by atoms with E-state index < -0.39 is 15.8 Å². The molecule has 1 N–H and O–H groups in total. The van der Waals surface area contributed by atoms with E-state index in [0.717, 1.165) is 22.4 Å². The summed E-state index contributed by atoms with van der Waals surface area (Å²) in [7, 11) is -3.96. The van der Waals surface area contributed by atoms with Crippen LogP contribution in [0.1, 0.15) is 0 Å². The zero-order chi connectivity index (χ0) is 20.0. The molecule has 1 fully saturated rings. The van der Waals surface area contributed by atoms with Gasteiger partial charge >= 0.3 is 0 Å². The number of fused-ring (bicyclic) bond motifs is 2. The molecule has 0 bridgehead atoms. The number of anilines is 1. The van der Waals surface area contributed by atoms with Crippen LogP contribution >= 0.6 is 0 Å². The van der Waals surface area contributed by atoms with E-state index in [1.807, 2.05) is 23.1 Å². The molecular weight excluding hydrogens is 391 g/mol. The number of hydrogen-bond acceptors (Lipinski definition) is 5. The average Bonchev–Trinajstić information content (AvgIpc) is 3.18. The molecule has 0 radical (unpaired) electrons. The Hall–Kier alpha value is -2.97. The Labute approximate surface area is 167 Å². The van der Waals surface area contributed by atoms with Crippen molar-refractivity contribution in [1.29, 1.82) is 0 Å². The zero-order valence-electron chi connectivity index (χ0n) is 15.5. The van der Waals surface area contributed by atoms with Crippen molar-refractivity contribution >= 4 is 37.5 Å². The topological polar surface area (TPSA) is 67.2 Å². The largest absolute Gasteiger partial charge is 0.367 e. The summed E-state index contributed by atoms with van der Waals surface area (Å²) >= 11 is 0. The van der Waals surface area contributed by atoms with Crippen LogP contribution in [0.25, 0.3) is 21.8 Å². The first kappa shape index (κ1) is 18.1. The maximum atomic E-state index is 14.5. The first-order valence-corrected chi connectivity index (χ1v) is 10.9. The predicted molar refractivity (Wildman–Crippen MR) is 111 cm³/mol. The standard InChI is InChI=1S/C21H19FN4O2S/c22-16-12-18(25-10-8-23-9-11-25)21-19(13-16)26(14-24-21)29(27,28)20-7-3-5-15-4-1-2-6-17(15)20/h1-7,12-14,23H,8-11H2. The van der Waals surface area contributed by atoms with Crippen LogP contribution in [-0.4, -0.2) is 43.6 Å². The third kappa shape index (κ3) is 2.95. The van der Waals surface area contributed by atoms with Gasteiger partial charge in [0, 0.05) is 37.6 Å². The molecule has 0 spiro atoms. The van der Waals surface area contributed by atoms with Gasteiger partial charge in [0.05, 0.1) is 16.1 Å². The lowest BCUT2D eigenvalue weighted by molar-refractivity contribution is 0.585. The van der Waals surface area contributed by atoms with Gasteiger partial charge in [-0.1, -0.05) is 36.4 Å². The predicted octanol–water partition coefficient (Wildman–Crippen LogP) is 2.98. The lowest BCUT2D eigenvalue weighted by Gasteiger charge is -2.29. The molecule has 2 heterocycles. The number of piperazine rings is 1. The number of imidazole rings is 1. The maximum absolute atomic E-state index is 14.5.